The van der Waals surface area contributed by atoms with Gasteiger partial charge in [-0.2, -0.15) is 10.5 Å². The summed E-state index contributed by atoms with van der Waals surface area (Å²) in [6, 6.07) is 0. The highest BCUT2D eigenvalue weighted by molar-refractivity contribution is 8.93. The summed E-state index contributed by atoms with van der Waals surface area (Å²) < 4.78 is 0. The average molecular weight is 167 g/mol. The molecule has 4 nitrogen and oxygen atoms in total. The van der Waals surface area contributed by atoms with E-state index in [4.69, 9.17) is 20.7 Å². The van der Waals surface area contributed by atoms with Crippen molar-refractivity contribution in [1.29, 1.82) is 10.5 Å². The second-order valence-corrected chi connectivity index (χ2v) is 0.200. The molecule has 0 saturated heterocycles. The van der Waals surface area contributed by atoms with E-state index in [0.717, 1.165) is 12.5 Å². The summed E-state index contributed by atoms with van der Waals surface area (Å²) in [5, 5.41) is 27.5. The first-order valence-electron chi connectivity index (χ1n) is 0.894. The minimum absolute atomic E-state index is 0. The molecule has 0 bridgehead atoms. The van der Waals surface area contributed by atoms with E-state index in [9.17, 15) is 0 Å². The Bertz CT molecular complexity index is 68.7. The van der Waals surface area contributed by atoms with E-state index in [0.29, 0.717) is 0 Å². The smallest absolute Gasteiger partial charge is 0.283 e. The average Bonchev–Trinajstić information content (AvgIpc) is 1.39. The summed E-state index contributed by atoms with van der Waals surface area (Å²) in [6.45, 7) is 0. The molecule has 0 saturated carbocycles. The first-order chi connectivity index (χ1) is 2.83. The van der Waals surface area contributed by atoms with Crippen molar-refractivity contribution in [1.82, 2.24) is 0 Å². The van der Waals surface area contributed by atoms with Gasteiger partial charge in [-0.3, -0.25) is 0 Å². The van der Waals surface area contributed by atoms with E-state index in [1.807, 2.05) is 0 Å². The molecule has 7 heavy (non-hydrogen) atoms. The molecule has 0 aromatic carbocycles. The maximum absolute atomic E-state index is 6.88. The lowest BCUT2D eigenvalue weighted by atomic mass is 11.6. The Hall–Kier alpha value is -0.940. The van der Waals surface area contributed by atoms with Crippen LogP contribution in [-0.2, 0) is 0 Å². The molecule has 0 radical (unpaired) electrons. The zero-order valence-corrected chi connectivity index (χ0v) is 4.91. The fraction of sp³-hybridized carbons (Fsp3) is 0. The van der Waals surface area contributed by atoms with Crippen LogP contribution in [-0.4, -0.2) is 10.2 Å². The van der Waals surface area contributed by atoms with Crippen molar-refractivity contribution in [2.75, 3.05) is 0 Å². The minimum Gasteiger partial charge on any atom is -0.443 e. The van der Waals surface area contributed by atoms with Gasteiger partial charge in [-0.25, -0.2) is 0 Å². The van der Waals surface area contributed by atoms with Crippen LogP contribution in [0.4, 0.5) is 0 Å². The number of nitrogens with zero attached hydrogens (tertiary/aromatic N) is 2. The lowest BCUT2D eigenvalue weighted by Gasteiger charge is -1.25. The van der Waals surface area contributed by atoms with Crippen LogP contribution < -0.4 is 0 Å². The van der Waals surface area contributed by atoms with Crippen LogP contribution in [0.3, 0.4) is 0 Å². The lowest BCUT2D eigenvalue weighted by molar-refractivity contribution is 0.502. The van der Waals surface area contributed by atoms with E-state index >= 15 is 0 Å². The SMILES string of the molecule is Br.N#CO.N#CO. The molecular weight excluding hydrogens is 164 g/mol. The third kappa shape index (κ3) is 53.6. The van der Waals surface area contributed by atoms with Crippen molar-refractivity contribution in [3.8, 4) is 12.5 Å². The molecular formula is C2H3BrN2O2. The van der Waals surface area contributed by atoms with Gasteiger partial charge in [0.25, 0.3) is 12.5 Å². The first-order valence-corrected chi connectivity index (χ1v) is 0.894. The molecule has 0 spiro atoms. The van der Waals surface area contributed by atoms with E-state index in [1.165, 1.54) is 0 Å². The van der Waals surface area contributed by atoms with Gasteiger partial charge in [0.15, 0.2) is 0 Å². The third-order valence-corrected chi connectivity index (χ3v) is 0. The number of hydrogen-bond donors (Lipinski definition) is 2. The number of hydrogen-bond acceptors (Lipinski definition) is 4. The van der Waals surface area contributed by atoms with Crippen LogP contribution in [0, 0.1) is 23.0 Å². The van der Waals surface area contributed by atoms with E-state index in [2.05, 4.69) is 0 Å². The van der Waals surface area contributed by atoms with Gasteiger partial charge in [-0.15, -0.1) is 17.0 Å². The predicted octanol–water partition coefficient (Wildman–Crippen LogP) is 0.258. The van der Waals surface area contributed by atoms with Crippen LogP contribution in [0.15, 0.2) is 0 Å². The summed E-state index contributed by atoms with van der Waals surface area (Å²) in [6.07, 6.45) is 1.50. The van der Waals surface area contributed by atoms with E-state index < -0.39 is 0 Å². The van der Waals surface area contributed by atoms with Gasteiger partial charge in [-0.05, 0) is 0 Å². The standard InChI is InChI=1S/2CHNO.BrH/c2*2-1-3;/h2*3H;1H. The van der Waals surface area contributed by atoms with Gasteiger partial charge in [0.1, 0.15) is 0 Å². The first kappa shape index (κ1) is 16.6. The predicted molar refractivity (Wildman–Crippen MR) is 25.4 cm³/mol. The molecule has 0 aliphatic carbocycles. The quantitative estimate of drug-likeness (QED) is 0.506. The van der Waals surface area contributed by atoms with Crippen molar-refractivity contribution in [2.45, 2.75) is 0 Å². The molecule has 0 fully saturated rings. The van der Waals surface area contributed by atoms with Crippen molar-refractivity contribution >= 4 is 17.0 Å². The molecule has 0 rings (SSSR count). The summed E-state index contributed by atoms with van der Waals surface area (Å²) >= 11 is 0. The van der Waals surface area contributed by atoms with Crippen molar-refractivity contribution < 1.29 is 10.2 Å². The summed E-state index contributed by atoms with van der Waals surface area (Å²) in [5.41, 5.74) is 0. The van der Waals surface area contributed by atoms with Gasteiger partial charge >= 0.3 is 0 Å². The van der Waals surface area contributed by atoms with Gasteiger partial charge in [0.05, 0.1) is 0 Å². The number of rotatable bonds is 0. The Kier molecular flexibility index (Phi) is 176. The number of aliphatic hydroxyl groups excluding tert-OH is 2. The second-order valence-electron chi connectivity index (χ2n) is 0.200. The van der Waals surface area contributed by atoms with Gasteiger partial charge < -0.3 is 10.2 Å². The van der Waals surface area contributed by atoms with Gasteiger partial charge in [0.2, 0.25) is 0 Å². The Balaban J connectivity index is -0.0000000400. The molecule has 0 amide bonds. The molecule has 2 N–H and O–H groups in total. The van der Waals surface area contributed by atoms with Gasteiger partial charge in [0, 0.05) is 0 Å². The normalized spacial score (nSPS) is 2.00. The fourth-order valence-corrected chi connectivity index (χ4v) is 0. The largest absolute Gasteiger partial charge is 0.443 e. The van der Waals surface area contributed by atoms with E-state index in [-0.39, 0.29) is 17.0 Å². The van der Waals surface area contributed by atoms with Crippen molar-refractivity contribution in [3.63, 3.8) is 0 Å². The molecule has 0 aromatic rings. The van der Waals surface area contributed by atoms with Gasteiger partial charge in [-0.1, -0.05) is 0 Å². The monoisotopic (exact) mass is 166 g/mol. The second kappa shape index (κ2) is 74.2. The van der Waals surface area contributed by atoms with E-state index in [1.54, 1.807) is 0 Å². The number of halogens is 1. The molecule has 0 atom stereocenters. The Morgan fingerprint density at radius 1 is 1.00 bits per heavy atom. The maximum Gasteiger partial charge on any atom is 0.283 e. The molecule has 0 heterocycles. The molecule has 0 unspecified atom stereocenters. The van der Waals surface area contributed by atoms with Crippen LogP contribution in [0.1, 0.15) is 0 Å². The summed E-state index contributed by atoms with van der Waals surface area (Å²) in [7, 11) is 0. The van der Waals surface area contributed by atoms with Crippen LogP contribution in [0.2, 0.25) is 0 Å². The van der Waals surface area contributed by atoms with Crippen LogP contribution in [0.5, 0.6) is 0 Å². The minimum atomic E-state index is 0. The summed E-state index contributed by atoms with van der Waals surface area (Å²) in [5.74, 6) is 0. The summed E-state index contributed by atoms with van der Waals surface area (Å²) in [4.78, 5) is 0. The van der Waals surface area contributed by atoms with Crippen LogP contribution >= 0.6 is 17.0 Å². The molecule has 0 aliphatic heterocycles. The van der Waals surface area contributed by atoms with Crippen molar-refractivity contribution in [2.24, 2.45) is 0 Å². The maximum atomic E-state index is 6.88. The lowest BCUT2D eigenvalue weighted by Crippen LogP contribution is -1.27. The number of nitriles is 2. The molecule has 0 aliphatic rings. The Morgan fingerprint density at radius 3 is 1.00 bits per heavy atom. The third-order valence-electron chi connectivity index (χ3n) is 0. The highest BCUT2D eigenvalue weighted by atomic mass is 79.9. The Morgan fingerprint density at radius 2 is 1.00 bits per heavy atom. The molecule has 40 valence electrons. The van der Waals surface area contributed by atoms with Crippen molar-refractivity contribution in [3.05, 3.63) is 0 Å². The molecule has 0 aromatic heterocycles. The van der Waals surface area contributed by atoms with Crippen LogP contribution in [0.25, 0.3) is 0 Å². The highest BCUT2D eigenvalue weighted by Gasteiger charge is 1.16. The topological polar surface area (TPSA) is 88.0 Å². The fourth-order valence-electron chi connectivity index (χ4n) is 0. The zero-order valence-electron chi connectivity index (χ0n) is 3.20. The molecule has 5 heteroatoms. The Labute approximate surface area is 51.0 Å². The highest BCUT2D eigenvalue weighted by Crippen LogP contribution is 1.06. The number of aliphatic hydroxyl groups is 2. The zero-order chi connectivity index (χ0) is 5.41.